The third kappa shape index (κ3) is 13.1. The van der Waals surface area contributed by atoms with Gasteiger partial charge in [-0.2, -0.15) is 17.7 Å². The molecule has 0 bridgehead atoms. The third-order valence-electron chi connectivity index (χ3n) is 16.0. The van der Waals surface area contributed by atoms with Crippen molar-refractivity contribution in [2.75, 3.05) is 24.5 Å². The summed E-state index contributed by atoms with van der Waals surface area (Å²) in [5.74, 6) is -3.71. The number of benzene rings is 2. The Morgan fingerprint density at radius 3 is 1.74 bits per heavy atom. The normalized spacial score (nSPS) is 18.9. The zero-order chi connectivity index (χ0) is 54.1. The molecule has 0 radical (unpaired) electrons. The lowest BCUT2D eigenvalue weighted by Crippen LogP contribution is -2.42. The number of hydrogen-bond acceptors (Lipinski definition) is 4. The number of anilines is 1. The number of aliphatic carboxylic acids is 2. The Balaban J connectivity index is 1.90. The summed E-state index contributed by atoms with van der Waals surface area (Å²) < 4.78 is 47.0. The Morgan fingerprint density at radius 1 is 0.712 bits per heavy atom. The van der Waals surface area contributed by atoms with E-state index in [-0.39, 0.29) is 54.9 Å². The van der Waals surface area contributed by atoms with E-state index >= 15 is 0 Å². The molecule has 0 aromatic heterocycles. The van der Waals surface area contributed by atoms with Crippen LogP contribution in [-0.2, 0) is 36.0 Å². The topological polar surface area (TPSA) is 101 Å². The number of amides is 1. The van der Waals surface area contributed by atoms with Gasteiger partial charge in [-0.05, 0) is 108 Å². The molecule has 1 amide bonds. The minimum absolute atomic E-state index is 0.0455. The molecule has 73 heavy (non-hydrogen) atoms. The molecule has 2 aromatic carbocycles. The lowest BCUT2D eigenvalue weighted by atomic mass is 9.69. The molecule has 1 aliphatic carbocycles. The highest BCUT2D eigenvalue weighted by Crippen LogP contribution is 2.55. The predicted molar refractivity (Wildman–Crippen MR) is 292 cm³/mol. The molecular weight excluding hydrogens is 924 g/mol. The fourth-order valence-electron chi connectivity index (χ4n) is 11.8. The highest BCUT2D eigenvalue weighted by Gasteiger charge is 2.52. The van der Waals surface area contributed by atoms with Crippen LogP contribution in [0.5, 0.6) is 0 Å². The number of fused-ring (bicyclic) bond motifs is 2. The van der Waals surface area contributed by atoms with Crippen LogP contribution in [0, 0.1) is 5.92 Å². The van der Waals surface area contributed by atoms with Gasteiger partial charge in [-0.1, -0.05) is 164 Å². The van der Waals surface area contributed by atoms with Crippen molar-refractivity contribution < 1.29 is 42.3 Å². The maximum Gasteiger partial charge on any atom is 0.471 e. The Kier molecular flexibility index (Phi) is 19.9. The molecule has 2 aliphatic heterocycles. The summed E-state index contributed by atoms with van der Waals surface area (Å²) >= 11 is 0. The summed E-state index contributed by atoms with van der Waals surface area (Å²) in [6.45, 7) is 25.8. The van der Waals surface area contributed by atoms with E-state index in [9.17, 15) is 37.8 Å². The van der Waals surface area contributed by atoms with Crippen molar-refractivity contribution in [2.24, 2.45) is 5.92 Å². The molecule has 11 heteroatoms. The number of likely N-dealkylation sites (N-methyl/N-ethyl adjacent to an activating group) is 1. The van der Waals surface area contributed by atoms with Gasteiger partial charge < -0.3 is 20.0 Å². The van der Waals surface area contributed by atoms with Gasteiger partial charge in [0.25, 0.3) is 0 Å². The number of rotatable bonds is 24. The number of alkyl halides is 3. The van der Waals surface area contributed by atoms with Crippen LogP contribution in [-0.4, -0.2) is 69.1 Å². The second-order valence-corrected chi connectivity index (χ2v) is 23.2. The van der Waals surface area contributed by atoms with Gasteiger partial charge in [0.1, 0.15) is 6.42 Å². The van der Waals surface area contributed by atoms with Crippen LogP contribution in [0.25, 0.3) is 0 Å². The van der Waals surface area contributed by atoms with E-state index in [4.69, 9.17) is 0 Å². The average molecular weight is 1010 g/mol. The largest absolute Gasteiger partial charge is 0.481 e. The molecule has 402 valence electrons. The summed E-state index contributed by atoms with van der Waals surface area (Å²) in [5, 5.41) is 20.2. The van der Waals surface area contributed by atoms with Crippen LogP contribution >= 0.6 is 0 Å². The molecule has 2 N–H and O–H groups in total. The summed E-state index contributed by atoms with van der Waals surface area (Å²) in [5.41, 5.74) is 8.76. The SMILES string of the molecule is CCCCC1(CCCC)C(=CC=C2CC(CC)CC(C=CC3=[N+](CCC(=O)O)c4ccc(C(C)(C)C)cc4C3(CCCC)CCCC)=C2N(CC)C(=O)C(F)(F)F)N(CCC(=O)O)c2ccc(C(C)(C)C)cc21. The zero-order valence-corrected chi connectivity index (χ0v) is 46.6. The van der Waals surface area contributed by atoms with Crippen molar-refractivity contribution in [2.45, 2.75) is 220 Å². The van der Waals surface area contributed by atoms with Gasteiger partial charge in [0.15, 0.2) is 12.3 Å². The quantitative estimate of drug-likeness (QED) is 0.102. The zero-order valence-electron chi connectivity index (χ0n) is 46.6. The summed E-state index contributed by atoms with van der Waals surface area (Å²) in [6, 6.07) is 13.2. The second kappa shape index (κ2) is 24.6. The van der Waals surface area contributed by atoms with E-state index in [1.165, 1.54) is 22.3 Å². The van der Waals surface area contributed by atoms with Gasteiger partial charge in [-0.25, -0.2) is 0 Å². The Bertz CT molecular complexity index is 2440. The number of carbonyl (C=O) groups is 3. The van der Waals surface area contributed by atoms with E-state index in [0.717, 1.165) is 111 Å². The molecule has 0 fully saturated rings. The fourth-order valence-corrected chi connectivity index (χ4v) is 11.8. The van der Waals surface area contributed by atoms with Crippen molar-refractivity contribution in [3.05, 3.63) is 105 Å². The van der Waals surface area contributed by atoms with Gasteiger partial charge in [-0.3, -0.25) is 14.4 Å². The Morgan fingerprint density at radius 2 is 1.25 bits per heavy atom. The molecule has 2 aromatic rings. The Labute approximate surface area is 436 Å². The maximum absolute atomic E-state index is 14.9. The molecule has 0 spiro atoms. The number of nitrogens with zero attached hydrogens (tertiary/aromatic N) is 3. The summed E-state index contributed by atoms with van der Waals surface area (Å²) in [6.07, 6.45) is 15.1. The minimum Gasteiger partial charge on any atom is -0.481 e. The smallest absolute Gasteiger partial charge is 0.471 e. The van der Waals surface area contributed by atoms with E-state index in [1.807, 2.05) is 12.2 Å². The van der Waals surface area contributed by atoms with Crippen molar-refractivity contribution in [1.29, 1.82) is 0 Å². The van der Waals surface area contributed by atoms with Crippen LogP contribution in [0.4, 0.5) is 24.5 Å². The van der Waals surface area contributed by atoms with E-state index in [1.54, 1.807) is 6.92 Å². The molecule has 1 atom stereocenters. The molecular formula is C62H89F3N3O5+. The van der Waals surface area contributed by atoms with Crippen LogP contribution in [0.1, 0.15) is 214 Å². The first-order valence-electron chi connectivity index (χ1n) is 27.8. The maximum atomic E-state index is 14.9. The van der Waals surface area contributed by atoms with Crippen molar-refractivity contribution in [3.8, 4) is 0 Å². The van der Waals surface area contributed by atoms with Crippen molar-refractivity contribution in [1.82, 2.24) is 4.90 Å². The van der Waals surface area contributed by atoms with E-state index < -0.39 is 34.9 Å². The minimum atomic E-state index is -5.14. The lowest BCUT2D eigenvalue weighted by Gasteiger charge is -2.36. The van der Waals surface area contributed by atoms with E-state index in [0.29, 0.717) is 24.0 Å². The summed E-state index contributed by atoms with van der Waals surface area (Å²) in [4.78, 5) is 41.6. The highest BCUT2D eigenvalue weighted by molar-refractivity contribution is 6.04. The highest BCUT2D eigenvalue weighted by atomic mass is 19.4. The predicted octanol–water partition coefficient (Wildman–Crippen LogP) is 15.9. The number of carboxylic acids is 2. The number of unbranched alkanes of at least 4 members (excludes halogenated alkanes) is 4. The number of carboxylic acid groups (broad SMARTS) is 2. The first-order valence-corrected chi connectivity index (χ1v) is 27.8. The lowest BCUT2D eigenvalue weighted by molar-refractivity contribution is -0.436. The van der Waals surface area contributed by atoms with Crippen LogP contribution in [0.15, 0.2) is 83.2 Å². The van der Waals surface area contributed by atoms with Crippen LogP contribution in [0.3, 0.4) is 0 Å². The van der Waals surface area contributed by atoms with Crippen molar-refractivity contribution >= 4 is 34.9 Å². The molecule has 2 heterocycles. The molecule has 3 aliphatic rings. The van der Waals surface area contributed by atoms with Gasteiger partial charge in [0.2, 0.25) is 5.69 Å². The van der Waals surface area contributed by atoms with Gasteiger partial charge in [0, 0.05) is 47.6 Å². The number of hydrogen-bond donors (Lipinski definition) is 2. The first-order chi connectivity index (χ1) is 34.4. The number of allylic oxidation sites excluding steroid dienone is 7. The molecule has 5 rings (SSSR count). The number of halogens is 3. The monoisotopic (exact) mass is 1010 g/mol. The molecule has 0 saturated heterocycles. The average Bonchev–Trinajstić information content (AvgIpc) is 3.74. The summed E-state index contributed by atoms with van der Waals surface area (Å²) in [7, 11) is 0. The third-order valence-corrected chi connectivity index (χ3v) is 16.0. The van der Waals surface area contributed by atoms with Crippen molar-refractivity contribution in [3.63, 3.8) is 0 Å². The van der Waals surface area contributed by atoms with Crippen LogP contribution < -0.4 is 4.90 Å². The first kappa shape index (κ1) is 59.0. The van der Waals surface area contributed by atoms with E-state index in [2.05, 4.69) is 134 Å². The van der Waals surface area contributed by atoms with Gasteiger partial charge in [-0.15, -0.1) is 0 Å². The van der Waals surface area contributed by atoms with Gasteiger partial charge in [0.05, 0.1) is 17.5 Å². The fraction of sp³-hybridized carbons (Fsp3) is 0.613. The van der Waals surface area contributed by atoms with Gasteiger partial charge >= 0.3 is 24.0 Å². The molecule has 0 saturated carbocycles. The van der Waals surface area contributed by atoms with Crippen LogP contribution in [0.2, 0.25) is 0 Å². The molecule has 8 nitrogen and oxygen atoms in total. The standard InChI is InChI=1S/C62H88F3N3O5/c1-13-19-33-60(34-20-14-2)48-41-46(58(7,8)9)25-27-50(48)67(37-31-54(69)70)52(60)29-23-44-39-43(17-5)40-45(56(44)66(18-6)57(73)62(63,64)65)24-30-53-61(35-21-15-3,36-22-16-4)49-42-47(59(10,11)12)26-28-51(49)68(53)38-32-55(71)72/h23-30,41-43H,13-22,31-40H2,1-12H3,(H-,69,70,71,72)/p+1. The Hall–Kier alpha value is -4.93. The second-order valence-electron chi connectivity index (χ2n) is 23.2. The molecule has 1 unspecified atom stereocenters. The number of carbonyl (C=O) groups excluding carboxylic acids is 1.